The summed E-state index contributed by atoms with van der Waals surface area (Å²) in [5.74, 6) is 1.69. The van der Waals surface area contributed by atoms with Crippen molar-refractivity contribution in [3.8, 4) is 0 Å². The fourth-order valence-corrected chi connectivity index (χ4v) is 2.12. The lowest BCUT2D eigenvalue weighted by atomic mass is 9.90. The quantitative estimate of drug-likeness (QED) is 0.629. The van der Waals surface area contributed by atoms with Crippen LogP contribution in [0.4, 0.5) is 0 Å². The standard InChI is InChI=1S/C13H27N/c1-5-12(4)10-14(9-11(2)3)13-7-6-8-13/h11-13H,5-10H2,1-4H3. The number of hydrogen-bond donors (Lipinski definition) is 0. The Morgan fingerprint density at radius 1 is 1.14 bits per heavy atom. The van der Waals surface area contributed by atoms with Crippen LogP contribution >= 0.6 is 0 Å². The van der Waals surface area contributed by atoms with Crippen molar-refractivity contribution in [2.24, 2.45) is 11.8 Å². The molecule has 0 aromatic heterocycles. The summed E-state index contributed by atoms with van der Waals surface area (Å²) in [5.41, 5.74) is 0. The Kier molecular flexibility index (Phi) is 4.94. The third-order valence-corrected chi connectivity index (χ3v) is 3.43. The molecule has 0 radical (unpaired) electrons. The second-order valence-electron chi connectivity index (χ2n) is 5.45. The van der Waals surface area contributed by atoms with E-state index < -0.39 is 0 Å². The van der Waals surface area contributed by atoms with Crippen LogP contribution in [0.1, 0.15) is 53.4 Å². The Morgan fingerprint density at radius 3 is 2.14 bits per heavy atom. The average Bonchev–Trinajstić information content (AvgIpc) is 1.99. The number of nitrogens with zero attached hydrogens (tertiary/aromatic N) is 1. The van der Waals surface area contributed by atoms with Gasteiger partial charge in [-0.2, -0.15) is 0 Å². The van der Waals surface area contributed by atoms with Gasteiger partial charge in [0.15, 0.2) is 0 Å². The van der Waals surface area contributed by atoms with Crippen LogP contribution in [0.2, 0.25) is 0 Å². The Labute approximate surface area is 89.9 Å². The van der Waals surface area contributed by atoms with E-state index in [0.717, 1.165) is 17.9 Å². The number of rotatable bonds is 6. The summed E-state index contributed by atoms with van der Waals surface area (Å²) in [5, 5.41) is 0. The molecule has 84 valence electrons. The van der Waals surface area contributed by atoms with Crippen molar-refractivity contribution in [1.82, 2.24) is 4.90 Å². The van der Waals surface area contributed by atoms with Gasteiger partial charge < -0.3 is 0 Å². The first-order valence-electron chi connectivity index (χ1n) is 6.37. The highest BCUT2D eigenvalue weighted by Gasteiger charge is 2.25. The highest BCUT2D eigenvalue weighted by molar-refractivity contribution is 4.81. The summed E-state index contributed by atoms with van der Waals surface area (Å²) in [6, 6.07) is 0.923. The summed E-state index contributed by atoms with van der Waals surface area (Å²) in [4.78, 5) is 2.74. The zero-order chi connectivity index (χ0) is 10.6. The Bertz CT molecular complexity index is 149. The molecule has 0 heterocycles. The normalized spacial score (nSPS) is 20.1. The van der Waals surface area contributed by atoms with Crippen molar-refractivity contribution in [2.75, 3.05) is 13.1 Å². The zero-order valence-corrected chi connectivity index (χ0v) is 10.4. The lowest BCUT2D eigenvalue weighted by Crippen LogP contribution is -2.44. The van der Waals surface area contributed by atoms with Crippen LogP contribution in [-0.4, -0.2) is 24.0 Å². The monoisotopic (exact) mass is 197 g/mol. The molecule has 1 aliphatic rings. The summed E-state index contributed by atoms with van der Waals surface area (Å²) >= 11 is 0. The molecule has 1 aliphatic carbocycles. The van der Waals surface area contributed by atoms with Gasteiger partial charge in [0.25, 0.3) is 0 Å². The van der Waals surface area contributed by atoms with Crippen LogP contribution in [0.25, 0.3) is 0 Å². The third kappa shape index (κ3) is 3.61. The van der Waals surface area contributed by atoms with Crippen molar-refractivity contribution in [3.63, 3.8) is 0 Å². The first-order valence-corrected chi connectivity index (χ1v) is 6.37. The minimum Gasteiger partial charge on any atom is -0.300 e. The topological polar surface area (TPSA) is 3.24 Å². The molecule has 1 unspecified atom stereocenters. The van der Waals surface area contributed by atoms with Gasteiger partial charge in [0.1, 0.15) is 0 Å². The summed E-state index contributed by atoms with van der Waals surface area (Å²) in [7, 11) is 0. The minimum absolute atomic E-state index is 0.819. The van der Waals surface area contributed by atoms with Crippen molar-refractivity contribution in [2.45, 2.75) is 59.4 Å². The summed E-state index contributed by atoms with van der Waals surface area (Å²) in [6.07, 6.45) is 5.67. The van der Waals surface area contributed by atoms with Crippen molar-refractivity contribution >= 4 is 0 Å². The summed E-state index contributed by atoms with van der Waals surface area (Å²) < 4.78 is 0. The van der Waals surface area contributed by atoms with Crippen LogP contribution in [0.15, 0.2) is 0 Å². The Balaban J connectivity index is 2.35. The van der Waals surface area contributed by atoms with Crippen LogP contribution < -0.4 is 0 Å². The smallest absolute Gasteiger partial charge is 0.00955 e. The molecule has 1 saturated carbocycles. The van der Waals surface area contributed by atoms with Gasteiger partial charge in [0, 0.05) is 19.1 Å². The van der Waals surface area contributed by atoms with E-state index in [-0.39, 0.29) is 0 Å². The first-order chi connectivity index (χ1) is 6.63. The van der Waals surface area contributed by atoms with Crippen LogP contribution in [0.3, 0.4) is 0 Å². The largest absolute Gasteiger partial charge is 0.300 e. The predicted octanol–water partition coefficient (Wildman–Crippen LogP) is 3.54. The maximum absolute atomic E-state index is 2.74. The van der Waals surface area contributed by atoms with Gasteiger partial charge in [-0.15, -0.1) is 0 Å². The molecular weight excluding hydrogens is 170 g/mol. The summed E-state index contributed by atoms with van der Waals surface area (Å²) in [6.45, 7) is 12.0. The highest BCUT2D eigenvalue weighted by atomic mass is 15.2. The highest BCUT2D eigenvalue weighted by Crippen LogP contribution is 2.26. The minimum atomic E-state index is 0.819. The predicted molar refractivity (Wildman–Crippen MR) is 63.5 cm³/mol. The lowest BCUT2D eigenvalue weighted by Gasteiger charge is -2.39. The molecule has 1 heteroatoms. The molecule has 0 N–H and O–H groups in total. The third-order valence-electron chi connectivity index (χ3n) is 3.43. The maximum Gasteiger partial charge on any atom is 0.00955 e. The molecule has 1 rings (SSSR count). The SMILES string of the molecule is CCC(C)CN(CC(C)C)C1CCC1. The van der Waals surface area contributed by atoms with Gasteiger partial charge in [0.05, 0.1) is 0 Å². The first kappa shape index (κ1) is 12.0. The fraction of sp³-hybridized carbons (Fsp3) is 1.00. The van der Waals surface area contributed by atoms with Gasteiger partial charge >= 0.3 is 0 Å². The maximum atomic E-state index is 2.74. The Morgan fingerprint density at radius 2 is 1.79 bits per heavy atom. The molecule has 0 spiro atoms. The van der Waals surface area contributed by atoms with E-state index in [4.69, 9.17) is 0 Å². The van der Waals surface area contributed by atoms with Gasteiger partial charge in [-0.05, 0) is 24.7 Å². The average molecular weight is 197 g/mol. The zero-order valence-electron chi connectivity index (χ0n) is 10.4. The number of hydrogen-bond acceptors (Lipinski definition) is 1. The van der Waals surface area contributed by atoms with Crippen molar-refractivity contribution in [3.05, 3.63) is 0 Å². The van der Waals surface area contributed by atoms with E-state index >= 15 is 0 Å². The molecule has 0 aliphatic heterocycles. The molecule has 1 atom stereocenters. The van der Waals surface area contributed by atoms with Crippen LogP contribution in [0.5, 0.6) is 0 Å². The molecule has 0 saturated heterocycles. The molecule has 0 aromatic rings. The van der Waals surface area contributed by atoms with E-state index in [1.165, 1.54) is 38.8 Å². The molecule has 1 nitrogen and oxygen atoms in total. The van der Waals surface area contributed by atoms with Gasteiger partial charge in [-0.3, -0.25) is 4.90 Å². The fourth-order valence-electron chi connectivity index (χ4n) is 2.12. The van der Waals surface area contributed by atoms with Crippen molar-refractivity contribution < 1.29 is 0 Å². The van der Waals surface area contributed by atoms with E-state index in [9.17, 15) is 0 Å². The van der Waals surface area contributed by atoms with E-state index in [1.54, 1.807) is 0 Å². The van der Waals surface area contributed by atoms with E-state index in [2.05, 4.69) is 32.6 Å². The molecular formula is C13H27N. The van der Waals surface area contributed by atoms with E-state index in [0.29, 0.717) is 0 Å². The van der Waals surface area contributed by atoms with E-state index in [1.807, 2.05) is 0 Å². The molecule has 0 amide bonds. The second-order valence-corrected chi connectivity index (χ2v) is 5.45. The van der Waals surface area contributed by atoms with Gasteiger partial charge in [-0.1, -0.05) is 40.5 Å². The Hall–Kier alpha value is -0.0400. The molecule has 0 aromatic carbocycles. The van der Waals surface area contributed by atoms with Gasteiger partial charge in [-0.25, -0.2) is 0 Å². The molecule has 14 heavy (non-hydrogen) atoms. The van der Waals surface area contributed by atoms with Crippen LogP contribution in [-0.2, 0) is 0 Å². The lowest BCUT2D eigenvalue weighted by molar-refractivity contribution is 0.0963. The van der Waals surface area contributed by atoms with Crippen LogP contribution in [0, 0.1) is 11.8 Å². The van der Waals surface area contributed by atoms with Gasteiger partial charge in [0.2, 0.25) is 0 Å². The van der Waals surface area contributed by atoms with Crippen molar-refractivity contribution in [1.29, 1.82) is 0 Å². The molecule has 0 bridgehead atoms. The second kappa shape index (κ2) is 5.75. The molecule has 1 fully saturated rings.